The second-order valence-electron chi connectivity index (χ2n) is 3.98. The van der Waals surface area contributed by atoms with E-state index in [1.165, 1.54) is 16.8 Å². The largest absolute Gasteiger partial charge is 0.392 e. The Kier molecular flexibility index (Phi) is 4.65. The molecule has 0 aliphatic carbocycles. The van der Waals surface area contributed by atoms with Crippen LogP contribution in [0.2, 0.25) is 0 Å². The van der Waals surface area contributed by atoms with Crippen molar-refractivity contribution in [1.82, 2.24) is 0 Å². The molecular formula is C10H7ClF8S. The summed E-state index contributed by atoms with van der Waals surface area (Å²) in [5.41, 5.74) is 0.214. The lowest BCUT2D eigenvalue weighted by molar-refractivity contribution is -0.348. The second kappa shape index (κ2) is 5.32. The highest BCUT2D eigenvalue weighted by Gasteiger charge is 2.79. The third-order valence-electron chi connectivity index (χ3n) is 2.52. The molecule has 116 valence electrons. The summed E-state index contributed by atoms with van der Waals surface area (Å²) in [6.45, 7) is 0. The summed E-state index contributed by atoms with van der Waals surface area (Å²) in [6, 6.07) is 1.33. The molecule has 0 aromatic carbocycles. The first-order chi connectivity index (χ1) is 8.83. The van der Waals surface area contributed by atoms with Gasteiger partial charge in [0.05, 0.1) is 0 Å². The molecule has 0 saturated heterocycles. The Labute approximate surface area is 117 Å². The molecule has 0 atom stereocenters. The summed E-state index contributed by atoms with van der Waals surface area (Å²) in [4.78, 5) is 0. The van der Waals surface area contributed by atoms with Crippen LogP contribution < -0.4 is 0 Å². The Morgan fingerprint density at radius 3 is 1.90 bits per heavy atom. The van der Waals surface area contributed by atoms with E-state index in [0.717, 1.165) is 11.3 Å². The third-order valence-corrected chi connectivity index (χ3v) is 3.49. The van der Waals surface area contributed by atoms with Crippen molar-refractivity contribution in [2.45, 2.75) is 36.0 Å². The molecule has 0 radical (unpaired) electrons. The standard InChI is InChI=1S/C10H7ClF8S/c11-10(18,19)9(16,17)8(14,15)7(12,13)3-1-6-2-4-20-5-6/h2,4-5H,1,3H2. The Morgan fingerprint density at radius 2 is 1.50 bits per heavy atom. The summed E-state index contributed by atoms with van der Waals surface area (Å²) >= 11 is 4.91. The molecule has 1 heterocycles. The fraction of sp³-hybridized carbons (Fsp3) is 0.600. The van der Waals surface area contributed by atoms with Crippen molar-refractivity contribution in [3.8, 4) is 0 Å². The van der Waals surface area contributed by atoms with Gasteiger partial charge in [0.25, 0.3) is 0 Å². The van der Waals surface area contributed by atoms with Crippen molar-refractivity contribution in [2.24, 2.45) is 0 Å². The van der Waals surface area contributed by atoms with E-state index in [2.05, 4.69) is 11.6 Å². The lowest BCUT2D eigenvalue weighted by Crippen LogP contribution is -2.60. The van der Waals surface area contributed by atoms with Crippen LogP contribution in [0.4, 0.5) is 35.1 Å². The number of rotatable bonds is 6. The predicted octanol–water partition coefficient (Wildman–Crippen LogP) is 5.42. The third kappa shape index (κ3) is 3.03. The second-order valence-corrected chi connectivity index (χ2v) is 5.24. The summed E-state index contributed by atoms with van der Waals surface area (Å²) in [5.74, 6) is -18.0. The zero-order valence-corrected chi connectivity index (χ0v) is 11.0. The van der Waals surface area contributed by atoms with Crippen molar-refractivity contribution in [3.05, 3.63) is 22.4 Å². The van der Waals surface area contributed by atoms with E-state index in [1.807, 2.05) is 0 Å². The van der Waals surface area contributed by atoms with Crippen LogP contribution in [0.1, 0.15) is 12.0 Å². The molecule has 0 nitrogen and oxygen atoms in total. The number of hydrogen-bond acceptors (Lipinski definition) is 1. The smallest absolute Gasteiger partial charge is 0.200 e. The molecule has 10 heteroatoms. The fourth-order valence-electron chi connectivity index (χ4n) is 1.30. The summed E-state index contributed by atoms with van der Waals surface area (Å²) in [5, 5.41) is -2.97. The lowest BCUT2D eigenvalue weighted by atomic mass is 9.98. The summed E-state index contributed by atoms with van der Waals surface area (Å²) in [6.07, 6.45) is -2.37. The van der Waals surface area contributed by atoms with Crippen LogP contribution in [0.5, 0.6) is 0 Å². The minimum Gasteiger partial charge on any atom is -0.200 e. The molecule has 0 N–H and O–H groups in total. The average Bonchev–Trinajstić information content (AvgIpc) is 2.77. The van der Waals surface area contributed by atoms with Gasteiger partial charge in [0, 0.05) is 6.42 Å². The molecule has 0 unspecified atom stereocenters. The van der Waals surface area contributed by atoms with Crippen LogP contribution in [0.3, 0.4) is 0 Å². The van der Waals surface area contributed by atoms with Crippen LogP contribution in [0, 0.1) is 0 Å². The maximum Gasteiger partial charge on any atom is 0.392 e. The van der Waals surface area contributed by atoms with Crippen LogP contribution in [0.25, 0.3) is 0 Å². The summed E-state index contributed by atoms with van der Waals surface area (Å²) in [7, 11) is 0. The minimum absolute atomic E-state index is 0.214. The van der Waals surface area contributed by atoms with Gasteiger partial charge in [-0.2, -0.15) is 46.5 Å². The van der Waals surface area contributed by atoms with Gasteiger partial charge in [0.2, 0.25) is 0 Å². The molecule has 0 aliphatic rings. The monoisotopic (exact) mass is 346 g/mol. The van der Waals surface area contributed by atoms with Gasteiger partial charge in [-0.05, 0) is 40.4 Å². The van der Waals surface area contributed by atoms with Gasteiger partial charge in [-0.1, -0.05) is 0 Å². The van der Waals surface area contributed by atoms with E-state index < -0.39 is 36.0 Å². The Bertz CT molecular complexity index is 437. The van der Waals surface area contributed by atoms with Gasteiger partial charge in [-0.25, -0.2) is 0 Å². The van der Waals surface area contributed by atoms with Gasteiger partial charge in [-0.15, -0.1) is 0 Å². The van der Waals surface area contributed by atoms with E-state index in [4.69, 9.17) is 0 Å². The van der Waals surface area contributed by atoms with E-state index in [9.17, 15) is 35.1 Å². The van der Waals surface area contributed by atoms with E-state index in [1.54, 1.807) is 0 Å². The molecule has 0 saturated carbocycles. The predicted molar refractivity (Wildman–Crippen MR) is 58.3 cm³/mol. The highest BCUT2D eigenvalue weighted by atomic mass is 35.5. The van der Waals surface area contributed by atoms with E-state index >= 15 is 0 Å². The molecule has 1 rings (SSSR count). The van der Waals surface area contributed by atoms with Crippen molar-refractivity contribution in [2.75, 3.05) is 0 Å². The highest BCUT2D eigenvalue weighted by molar-refractivity contribution is 7.07. The van der Waals surface area contributed by atoms with Crippen LogP contribution in [-0.4, -0.2) is 23.1 Å². The topological polar surface area (TPSA) is 0 Å². The van der Waals surface area contributed by atoms with E-state index in [-0.39, 0.29) is 5.56 Å². The number of alkyl halides is 9. The maximum absolute atomic E-state index is 13.2. The van der Waals surface area contributed by atoms with E-state index in [0.29, 0.717) is 0 Å². The van der Waals surface area contributed by atoms with Gasteiger partial charge in [-0.3, -0.25) is 0 Å². The number of halogens is 9. The first-order valence-corrected chi connectivity index (χ1v) is 6.36. The zero-order chi connectivity index (χ0) is 15.8. The van der Waals surface area contributed by atoms with Gasteiger partial charge in [0.15, 0.2) is 0 Å². The molecule has 0 bridgehead atoms. The number of hydrogen-bond donors (Lipinski definition) is 0. The Morgan fingerprint density at radius 1 is 0.950 bits per heavy atom. The SMILES string of the molecule is FC(F)(Cl)C(F)(F)C(F)(F)C(F)(F)CCc1ccsc1. The van der Waals surface area contributed by atoms with Crippen molar-refractivity contribution in [1.29, 1.82) is 0 Å². The molecule has 1 aromatic heterocycles. The van der Waals surface area contributed by atoms with Crippen LogP contribution >= 0.6 is 22.9 Å². The fourth-order valence-corrected chi connectivity index (χ4v) is 2.12. The molecule has 20 heavy (non-hydrogen) atoms. The molecule has 0 amide bonds. The Hall–Kier alpha value is -0.570. The van der Waals surface area contributed by atoms with Gasteiger partial charge in [0.1, 0.15) is 0 Å². The molecular weight excluding hydrogens is 340 g/mol. The Balaban J connectivity index is 2.93. The maximum atomic E-state index is 13.2. The van der Waals surface area contributed by atoms with Crippen molar-refractivity contribution in [3.63, 3.8) is 0 Å². The normalized spacial score (nSPS) is 14.7. The van der Waals surface area contributed by atoms with Crippen molar-refractivity contribution >= 4 is 22.9 Å². The molecule has 0 fully saturated rings. The quantitative estimate of drug-likeness (QED) is 0.477. The first kappa shape index (κ1) is 17.5. The molecule has 0 aliphatic heterocycles. The van der Waals surface area contributed by atoms with Crippen LogP contribution in [-0.2, 0) is 6.42 Å². The van der Waals surface area contributed by atoms with Gasteiger partial charge >= 0.3 is 23.1 Å². The van der Waals surface area contributed by atoms with Crippen LogP contribution in [0.15, 0.2) is 16.8 Å². The molecule has 1 aromatic rings. The highest BCUT2D eigenvalue weighted by Crippen LogP contribution is 2.55. The summed E-state index contributed by atoms with van der Waals surface area (Å²) < 4.78 is 102. The first-order valence-electron chi connectivity index (χ1n) is 5.04. The average molecular weight is 347 g/mol. The lowest BCUT2D eigenvalue weighted by Gasteiger charge is -2.34. The zero-order valence-electron chi connectivity index (χ0n) is 9.46. The van der Waals surface area contributed by atoms with Gasteiger partial charge < -0.3 is 0 Å². The number of aryl methyl sites for hydroxylation is 1. The minimum atomic E-state index is -6.38. The molecule has 0 spiro atoms. The number of thiophene rings is 1. The van der Waals surface area contributed by atoms with Crippen molar-refractivity contribution < 1.29 is 35.1 Å².